The number of hydrogen-bond donors (Lipinski definition) is 3. The van der Waals surface area contributed by atoms with Gasteiger partial charge in [-0.2, -0.15) is 0 Å². The van der Waals surface area contributed by atoms with Crippen molar-refractivity contribution in [3.63, 3.8) is 0 Å². The van der Waals surface area contributed by atoms with Gasteiger partial charge in [-0.3, -0.25) is 9.59 Å². The lowest BCUT2D eigenvalue weighted by Gasteiger charge is -2.32. The van der Waals surface area contributed by atoms with E-state index in [0.29, 0.717) is 39.1 Å². The molecule has 7 heteroatoms. The summed E-state index contributed by atoms with van der Waals surface area (Å²) in [6.07, 6.45) is 2.17. The molecule has 0 radical (unpaired) electrons. The first kappa shape index (κ1) is 29.8. The molecule has 0 heterocycles. The maximum Gasteiger partial charge on any atom is 0.227 e. The molecular weight excluding hydrogens is 394 g/mol. The third kappa shape index (κ3) is 14.5. The first-order valence-corrected chi connectivity index (χ1v) is 11.5. The first-order chi connectivity index (χ1) is 13.9. The van der Waals surface area contributed by atoms with E-state index in [1.54, 1.807) is 0 Å². The van der Waals surface area contributed by atoms with E-state index in [-0.39, 0.29) is 28.9 Å². The van der Waals surface area contributed by atoms with Gasteiger partial charge in [-0.1, -0.05) is 13.8 Å². The number of hydrogen-bond acceptors (Lipinski definition) is 5. The van der Waals surface area contributed by atoms with Crippen LogP contribution in [0.2, 0.25) is 0 Å². The summed E-state index contributed by atoms with van der Waals surface area (Å²) in [6, 6.07) is 0. The summed E-state index contributed by atoms with van der Waals surface area (Å²) in [5.41, 5.74) is 4.32. The fourth-order valence-electron chi connectivity index (χ4n) is 2.58. The highest BCUT2D eigenvalue weighted by atomic mass is 16.5. The van der Waals surface area contributed by atoms with Crippen LogP contribution in [0.4, 0.5) is 0 Å². The molecule has 0 aliphatic carbocycles. The van der Waals surface area contributed by atoms with Gasteiger partial charge < -0.3 is 25.8 Å². The zero-order valence-electron chi connectivity index (χ0n) is 21.7. The van der Waals surface area contributed by atoms with E-state index in [1.807, 2.05) is 69.2 Å². The molecule has 7 nitrogen and oxygen atoms in total. The summed E-state index contributed by atoms with van der Waals surface area (Å²) in [5, 5.41) is 5.92. The molecule has 0 aromatic carbocycles. The molecule has 0 saturated heterocycles. The number of carbonyl (C=O) groups is 2. The van der Waals surface area contributed by atoms with Crippen LogP contribution in [0.3, 0.4) is 0 Å². The molecule has 0 aromatic heterocycles. The average Bonchev–Trinajstić information content (AvgIpc) is 2.58. The standard InChI is InChI=1S/C24H49N3O4/c1-18(2)19(28)26-14-11-24(9,10)31-17-21(3,4)20(29)27-15-12-23(7,8)30-16-13-22(5,6)25/h18H,11-17,25H2,1-10H3,(H,26,28)(H,27,29). The van der Waals surface area contributed by atoms with Crippen molar-refractivity contribution in [3.05, 3.63) is 0 Å². The van der Waals surface area contributed by atoms with Crippen molar-refractivity contribution in [1.82, 2.24) is 10.6 Å². The summed E-state index contributed by atoms with van der Waals surface area (Å²) < 4.78 is 12.0. The zero-order valence-corrected chi connectivity index (χ0v) is 21.7. The SMILES string of the molecule is CC(C)C(=O)NCCC(C)(C)OCC(C)(C)C(=O)NCCC(C)(C)OCCC(C)(C)N. The third-order valence-corrected chi connectivity index (χ3v) is 5.24. The predicted molar refractivity (Wildman–Crippen MR) is 127 cm³/mol. The molecule has 0 aliphatic rings. The van der Waals surface area contributed by atoms with Gasteiger partial charge in [-0.05, 0) is 74.7 Å². The lowest BCUT2D eigenvalue weighted by molar-refractivity contribution is -0.137. The molecule has 0 aliphatic heterocycles. The van der Waals surface area contributed by atoms with Crippen molar-refractivity contribution in [2.75, 3.05) is 26.3 Å². The van der Waals surface area contributed by atoms with Crippen molar-refractivity contribution >= 4 is 11.8 Å². The van der Waals surface area contributed by atoms with Crippen LogP contribution in [-0.2, 0) is 19.1 Å². The lowest BCUT2D eigenvalue weighted by atomic mass is 9.92. The monoisotopic (exact) mass is 443 g/mol. The van der Waals surface area contributed by atoms with Crippen molar-refractivity contribution in [3.8, 4) is 0 Å². The van der Waals surface area contributed by atoms with E-state index in [2.05, 4.69) is 10.6 Å². The second-order valence-electron chi connectivity index (χ2n) is 11.5. The molecule has 0 aromatic rings. The van der Waals surface area contributed by atoms with E-state index in [4.69, 9.17) is 15.2 Å². The smallest absolute Gasteiger partial charge is 0.227 e. The average molecular weight is 444 g/mol. The Morgan fingerprint density at radius 2 is 1.29 bits per heavy atom. The van der Waals surface area contributed by atoms with E-state index >= 15 is 0 Å². The number of nitrogens with one attached hydrogen (secondary N) is 2. The zero-order chi connectivity index (χ0) is 24.5. The summed E-state index contributed by atoms with van der Waals surface area (Å²) >= 11 is 0. The topological polar surface area (TPSA) is 103 Å². The Morgan fingerprint density at radius 1 is 0.806 bits per heavy atom. The fourth-order valence-corrected chi connectivity index (χ4v) is 2.58. The molecule has 184 valence electrons. The van der Waals surface area contributed by atoms with Gasteiger partial charge in [0.25, 0.3) is 0 Å². The lowest BCUT2D eigenvalue weighted by Crippen LogP contribution is -2.44. The molecule has 0 unspecified atom stereocenters. The van der Waals surface area contributed by atoms with Crippen LogP contribution in [0.5, 0.6) is 0 Å². The van der Waals surface area contributed by atoms with Gasteiger partial charge in [0.05, 0.1) is 23.2 Å². The molecule has 0 saturated carbocycles. The van der Waals surface area contributed by atoms with E-state index in [0.717, 1.165) is 6.42 Å². The second-order valence-corrected chi connectivity index (χ2v) is 11.5. The van der Waals surface area contributed by atoms with Crippen LogP contribution in [-0.4, -0.2) is 54.9 Å². The highest BCUT2D eigenvalue weighted by Gasteiger charge is 2.31. The van der Waals surface area contributed by atoms with Gasteiger partial charge in [-0.15, -0.1) is 0 Å². The minimum absolute atomic E-state index is 0.0328. The van der Waals surface area contributed by atoms with Crippen molar-refractivity contribution in [2.45, 2.75) is 105 Å². The van der Waals surface area contributed by atoms with E-state index < -0.39 is 11.0 Å². The number of amides is 2. The summed E-state index contributed by atoms with van der Waals surface area (Å²) in [5.74, 6) is -0.0426. The summed E-state index contributed by atoms with van der Waals surface area (Å²) in [6.45, 7) is 21.4. The maximum atomic E-state index is 12.7. The van der Waals surface area contributed by atoms with Crippen LogP contribution in [0.1, 0.15) is 88.5 Å². The highest BCUT2D eigenvalue weighted by molar-refractivity contribution is 5.81. The maximum absolute atomic E-state index is 12.7. The number of nitrogens with two attached hydrogens (primary N) is 1. The van der Waals surface area contributed by atoms with Crippen LogP contribution in [0.15, 0.2) is 0 Å². The minimum atomic E-state index is -0.660. The Kier molecular flexibility index (Phi) is 11.7. The molecule has 0 fully saturated rings. The van der Waals surface area contributed by atoms with Crippen molar-refractivity contribution in [2.24, 2.45) is 17.1 Å². The van der Waals surface area contributed by atoms with Crippen LogP contribution < -0.4 is 16.4 Å². The molecule has 0 spiro atoms. The fraction of sp³-hybridized carbons (Fsp3) is 0.917. The third-order valence-electron chi connectivity index (χ3n) is 5.24. The quantitative estimate of drug-likeness (QED) is 0.360. The summed E-state index contributed by atoms with van der Waals surface area (Å²) in [7, 11) is 0. The highest BCUT2D eigenvalue weighted by Crippen LogP contribution is 2.23. The Balaban J connectivity index is 4.37. The van der Waals surface area contributed by atoms with Gasteiger partial charge >= 0.3 is 0 Å². The van der Waals surface area contributed by atoms with Crippen LogP contribution in [0, 0.1) is 11.3 Å². The van der Waals surface area contributed by atoms with Gasteiger partial charge in [-0.25, -0.2) is 0 Å². The molecule has 0 rings (SSSR count). The summed E-state index contributed by atoms with van der Waals surface area (Å²) in [4.78, 5) is 24.4. The molecule has 0 atom stereocenters. The van der Waals surface area contributed by atoms with Crippen LogP contribution in [0.25, 0.3) is 0 Å². The minimum Gasteiger partial charge on any atom is -0.375 e. The second kappa shape index (κ2) is 12.2. The first-order valence-electron chi connectivity index (χ1n) is 11.5. The number of rotatable bonds is 15. The van der Waals surface area contributed by atoms with E-state index in [1.165, 1.54) is 0 Å². The van der Waals surface area contributed by atoms with Crippen molar-refractivity contribution in [1.29, 1.82) is 0 Å². The number of carbonyl (C=O) groups excluding carboxylic acids is 2. The Hall–Kier alpha value is -1.18. The molecular formula is C24H49N3O4. The van der Waals surface area contributed by atoms with Gasteiger partial charge in [0.1, 0.15) is 0 Å². The number of ether oxygens (including phenoxy) is 2. The molecule has 4 N–H and O–H groups in total. The van der Waals surface area contributed by atoms with Crippen molar-refractivity contribution < 1.29 is 19.1 Å². The normalized spacial score (nSPS) is 13.4. The van der Waals surface area contributed by atoms with Gasteiger partial charge in [0.15, 0.2) is 0 Å². The Morgan fingerprint density at radius 3 is 1.77 bits per heavy atom. The Labute approximate surface area is 190 Å². The van der Waals surface area contributed by atoms with Gasteiger partial charge in [0.2, 0.25) is 11.8 Å². The van der Waals surface area contributed by atoms with E-state index in [9.17, 15) is 9.59 Å². The molecule has 0 bridgehead atoms. The predicted octanol–water partition coefficient (Wildman–Crippen LogP) is 3.40. The Bertz CT molecular complexity index is 564. The van der Waals surface area contributed by atoms with Gasteiger partial charge in [0, 0.05) is 31.2 Å². The molecule has 31 heavy (non-hydrogen) atoms. The molecule has 2 amide bonds. The van der Waals surface area contributed by atoms with Crippen LogP contribution >= 0.6 is 0 Å². The largest absolute Gasteiger partial charge is 0.375 e.